The van der Waals surface area contributed by atoms with Crippen LogP contribution in [0.15, 0.2) is 24.3 Å². The highest BCUT2D eigenvalue weighted by Gasteiger charge is 2.25. The topological polar surface area (TPSA) is 108 Å². The van der Waals surface area contributed by atoms with Crippen molar-refractivity contribution < 1.29 is 37.6 Å². The number of hydrogen-bond acceptors (Lipinski definition) is 7. The van der Waals surface area contributed by atoms with Crippen molar-refractivity contribution in [1.82, 2.24) is 0 Å². The molecule has 0 radical (unpaired) electrons. The van der Waals surface area contributed by atoms with Gasteiger partial charge in [-0.1, -0.05) is 160 Å². The predicted molar refractivity (Wildman–Crippen MR) is 207 cm³/mol. The first kappa shape index (κ1) is 48.5. The van der Waals surface area contributed by atoms with Crippen LogP contribution in [0.1, 0.15) is 201 Å². The molecule has 0 spiro atoms. The molecule has 0 saturated carbocycles. The van der Waals surface area contributed by atoms with Crippen LogP contribution in [0.3, 0.4) is 0 Å². The lowest BCUT2D eigenvalue weighted by Crippen LogP contribution is -2.29. The number of rotatable bonds is 38. The lowest BCUT2D eigenvalue weighted by molar-refractivity contribution is -0.161. The Morgan fingerprint density at radius 3 is 1.44 bits per heavy atom. The second kappa shape index (κ2) is 37.3. The largest absolute Gasteiger partial charge is 0.472 e. The Labute approximate surface area is 307 Å². The molecule has 0 heterocycles. The summed E-state index contributed by atoms with van der Waals surface area (Å²) in [6.07, 6.45) is 39.4. The van der Waals surface area contributed by atoms with Gasteiger partial charge in [-0.2, -0.15) is 0 Å². The minimum absolute atomic E-state index is 0.000483. The van der Waals surface area contributed by atoms with E-state index < -0.39 is 26.5 Å². The highest BCUT2D eigenvalue weighted by atomic mass is 31.2. The zero-order valence-corrected chi connectivity index (χ0v) is 33.5. The van der Waals surface area contributed by atoms with Crippen LogP contribution in [0.5, 0.6) is 0 Å². The van der Waals surface area contributed by atoms with Gasteiger partial charge < -0.3 is 14.4 Å². The van der Waals surface area contributed by atoms with Gasteiger partial charge in [0.05, 0.1) is 13.2 Å². The summed E-state index contributed by atoms with van der Waals surface area (Å²) in [5, 5.41) is 0. The van der Waals surface area contributed by atoms with Crippen LogP contribution >= 0.6 is 7.82 Å². The Bertz CT molecular complexity index is 875. The summed E-state index contributed by atoms with van der Waals surface area (Å²) >= 11 is 0. The monoisotopic (exact) mass is 729 g/mol. The highest BCUT2D eigenvalue weighted by molar-refractivity contribution is 7.47. The molecule has 0 aliphatic rings. The van der Waals surface area contributed by atoms with Gasteiger partial charge in [-0.25, -0.2) is 4.57 Å². The number of esters is 2. The minimum Gasteiger partial charge on any atom is -0.462 e. The smallest absolute Gasteiger partial charge is 0.462 e. The average Bonchev–Trinajstić information content (AvgIpc) is 3.09. The van der Waals surface area contributed by atoms with Crippen LogP contribution < -0.4 is 0 Å². The normalized spacial score (nSPS) is 13.6. The van der Waals surface area contributed by atoms with Gasteiger partial charge in [0.1, 0.15) is 6.61 Å². The quantitative estimate of drug-likeness (QED) is 0.0290. The summed E-state index contributed by atoms with van der Waals surface area (Å²) < 4.78 is 32.6. The van der Waals surface area contributed by atoms with Crippen molar-refractivity contribution in [2.45, 2.75) is 207 Å². The second-order valence-corrected chi connectivity index (χ2v) is 15.1. The molecule has 8 nitrogen and oxygen atoms in total. The third-order valence-corrected chi connectivity index (χ3v) is 9.82. The van der Waals surface area contributed by atoms with E-state index in [9.17, 15) is 19.0 Å². The van der Waals surface area contributed by atoms with E-state index in [1.165, 1.54) is 109 Å². The van der Waals surface area contributed by atoms with Crippen LogP contribution in [-0.4, -0.2) is 42.8 Å². The molecule has 0 aliphatic carbocycles. The lowest BCUT2D eigenvalue weighted by Gasteiger charge is -2.19. The Morgan fingerprint density at radius 2 is 0.960 bits per heavy atom. The fourth-order valence-electron chi connectivity index (χ4n) is 5.72. The molecule has 0 rings (SSSR count). The summed E-state index contributed by atoms with van der Waals surface area (Å²) in [5.41, 5.74) is 0. The number of ether oxygens (including phenoxy) is 2. The molecule has 0 aromatic heterocycles. The summed E-state index contributed by atoms with van der Waals surface area (Å²) in [6, 6.07) is 0. The molecule has 0 bridgehead atoms. The van der Waals surface area contributed by atoms with E-state index in [0.29, 0.717) is 12.8 Å². The first-order chi connectivity index (χ1) is 24.3. The SMILES string of the molecule is CCCCCC/C=C\C/C=C\CCCCCCCCCC(=O)OC(COC(=O)CCCCCCCCCCCCCC)COP(=O)(O)OCC. The van der Waals surface area contributed by atoms with Crippen LogP contribution in [-0.2, 0) is 32.7 Å². The van der Waals surface area contributed by atoms with Gasteiger partial charge >= 0.3 is 19.8 Å². The molecule has 0 aromatic carbocycles. The van der Waals surface area contributed by atoms with Crippen molar-refractivity contribution in [3.05, 3.63) is 24.3 Å². The highest BCUT2D eigenvalue weighted by Crippen LogP contribution is 2.43. The number of phosphoric ester groups is 1. The van der Waals surface area contributed by atoms with Gasteiger partial charge in [0.15, 0.2) is 6.10 Å². The molecule has 2 unspecified atom stereocenters. The molecular formula is C41H77O8P. The number of phosphoric acid groups is 1. The number of hydrogen-bond donors (Lipinski definition) is 1. The lowest BCUT2D eigenvalue weighted by atomic mass is 10.0. The summed E-state index contributed by atoms with van der Waals surface area (Å²) in [4.78, 5) is 34.6. The molecule has 0 amide bonds. The van der Waals surface area contributed by atoms with Gasteiger partial charge in [-0.15, -0.1) is 0 Å². The van der Waals surface area contributed by atoms with Crippen molar-refractivity contribution in [3.8, 4) is 0 Å². The van der Waals surface area contributed by atoms with E-state index in [2.05, 4.69) is 38.2 Å². The number of allylic oxidation sites excluding steroid dienone is 4. The number of carbonyl (C=O) groups is 2. The third-order valence-electron chi connectivity index (χ3n) is 8.76. The Balaban J connectivity index is 4.10. The van der Waals surface area contributed by atoms with Crippen LogP contribution in [0.2, 0.25) is 0 Å². The summed E-state index contributed by atoms with van der Waals surface area (Å²) in [7, 11) is -4.27. The maximum absolute atomic E-state index is 12.5. The van der Waals surface area contributed by atoms with Gasteiger partial charge in [0.2, 0.25) is 0 Å². The third kappa shape index (κ3) is 36.3. The maximum atomic E-state index is 12.5. The van der Waals surface area contributed by atoms with Gasteiger partial charge in [0.25, 0.3) is 0 Å². The fourth-order valence-corrected chi connectivity index (χ4v) is 6.47. The molecule has 9 heteroatoms. The van der Waals surface area contributed by atoms with Gasteiger partial charge in [-0.3, -0.25) is 18.6 Å². The summed E-state index contributed by atoms with van der Waals surface area (Å²) in [6.45, 7) is 5.45. The summed E-state index contributed by atoms with van der Waals surface area (Å²) in [5.74, 6) is -0.801. The molecule has 1 N–H and O–H groups in total. The molecular weight excluding hydrogens is 651 g/mol. The van der Waals surface area contributed by atoms with Gasteiger partial charge in [0, 0.05) is 12.8 Å². The Hall–Kier alpha value is -1.47. The predicted octanol–water partition coefficient (Wildman–Crippen LogP) is 12.7. The van der Waals surface area contributed by atoms with Crippen LogP contribution in [0.4, 0.5) is 0 Å². The van der Waals surface area contributed by atoms with Crippen molar-refractivity contribution in [1.29, 1.82) is 0 Å². The zero-order chi connectivity index (χ0) is 36.8. The van der Waals surface area contributed by atoms with E-state index in [0.717, 1.165) is 51.4 Å². The second-order valence-electron chi connectivity index (χ2n) is 13.7. The molecule has 0 aliphatic heterocycles. The average molecular weight is 729 g/mol. The number of carbonyl (C=O) groups excluding carboxylic acids is 2. The standard InChI is InChI=1S/C41H77O8P/c1-4-7-9-11-13-15-17-19-20-21-22-23-24-26-28-30-32-34-36-41(43)49-39(38-48-50(44,45)47-6-3)37-46-40(42)35-33-31-29-27-25-18-16-14-12-10-8-5-2/h15,17,20-21,39H,4-14,16,18-19,22-38H2,1-3H3,(H,44,45)/b17-15-,21-20-. The minimum atomic E-state index is -4.27. The van der Waals surface area contributed by atoms with Gasteiger partial charge in [-0.05, 0) is 51.9 Å². The van der Waals surface area contributed by atoms with E-state index in [1.807, 2.05) is 0 Å². The zero-order valence-electron chi connectivity index (χ0n) is 32.6. The molecule has 2 atom stereocenters. The molecule has 50 heavy (non-hydrogen) atoms. The van der Waals surface area contributed by atoms with Crippen molar-refractivity contribution >= 4 is 19.8 Å². The van der Waals surface area contributed by atoms with Crippen LogP contribution in [0, 0.1) is 0 Å². The molecule has 294 valence electrons. The fraction of sp³-hybridized carbons (Fsp3) is 0.854. The van der Waals surface area contributed by atoms with E-state index in [1.54, 1.807) is 6.92 Å². The van der Waals surface area contributed by atoms with Crippen molar-refractivity contribution in [3.63, 3.8) is 0 Å². The molecule has 0 fully saturated rings. The molecule has 0 aromatic rings. The molecule has 0 saturated heterocycles. The Kier molecular flexibility index (Phi) is 36.2. The van der Waals surface area contributed by atoms with E-state index >= 15 is 0 Å². The first-order valence-electron chi connectivity index (χ1n) is 20.6. The van der Waals surface area contributed by atoms with Crippen LogP contribution in [0.25, 0.3) is 0 Å². The Morgan fingerprint density at radius 1 is 0.540 bits per heavy atom. The van der Waals surface area contributed by atoms with Crippen molar-refractivity contribution in [2.24, 2.45) is 0 Å². The van der Waals surface area contributed by atoms with E-state index in [4.69, 9.17) is 18.5 Å². The van der Waals surface area contributed by atoms with E-state index in [-0.39, 0.29) is 25.6 Å². The van der Waals surface area contributed by atoms with Crippen molar-refractivity contribution in [2.75, 3.05) is 19.8 Å². The first-order valence-corrected chi connectivity index (χ1v) is 22.1. The maximum Gasteiger partial charge on any atom is 0.472 e. The number of unbranched alkanes of at least 4 members (excludes halogenated alkanes) is 22.